The van der Waals surface area contributed by atoms with Crippen LogP contribution in [0.25, 0.3) is 0 Å². The van der Waals surface area contributed by atoms with Crippen molar-refractivity contribution in [3.8, 4) is 0 Å². The van der Waals surface area contributed by atoms with Crippen molar-refractivity contribution in [2.45, 2.75) is 103 Å². The number of aliphatic hydroxyl groups is 2. The predicted molar refractivity (Wildman–Crippen MR) is 112 cm³/mol. The van der Waals surface area contributed by atoms with E-state index in [1.165, 1.54) is 6.42 Å². The Kier molecular flexibility index (Phi) is 19.3. The maximum atomic E-state index is 12.0. The second kappa shape index (κ2) is 20.1. The molecule has 0 aliphatic rings. The summed E-state index contributed by atoms with van der Waals surface area (Å²) in [5.41, 5.74) is 0. The molecule has 0 saturated carbocycles. The molecule has 0 fully saturated rings. The number of aliphatic hydroxyl groups excluding tert-OH is 2. The van der Waals surface area contributed by atoms with Gasteiger partial charge in [0.25, 0.3) is 0 Å². The van der Waals surface area contributed by atoms with E-state index in [1.807, 2.05) is 0 Å². The summed E-state index contributed by atoms with van der Waals surface area (Å²) in [6.07, 6.45) is 9.37. The summed E-state index contributed by atoms with van der Waals surface area (Å²) in [6, 6.07) is 0. The fourth-order valence-electron chi connectivity index (χ4n) is 2.75. The van der Waals surface area contributed by atoms with Gasteiger partial charge in [-0.05, 0) is 12.8 Å². The predicted octanol–water partition coefficient (Wildman–Crippen LogP) is 3.53. The van der Waals surface area contributed by atoms with Crippen LogP contribution in [0, 0.1) is 0 Å². The third kappa shape index (κ3) is 18.6. The highest BCUT2D eigenvalue weighted by Crippen LogP contribution is 2.09. The number of carbonyl (C=O) groups excluding carboxylic acids is 2. The topological polar surface area (TPSA) is 102 Å². The first-order chi connectivity index (χ1) is 14.0. The summed E-state index contributed by atoms with van der Waals surface area (Å²) in [7, 11) is 0. The van der Waals surface area contributed by atoms with Crippen LogP contribution in [0.15, 0.2) is 0 Å². The standard InChI is InChI=1S/C22H42O7/c1-3-5-7-9-11-13-21(25)28-18-20(17-27-16-19(24)15-23)29-22(26)14-12-10-8-6-4-2/h19-20,23-24H,3-18H2,1-2H3. The largest absolute Gasteiger partial charge is 0.462 e. The summed E-state index contributed by atoms with van der Waals surface area (Å²) in [5.74, 6) is -0.647. The van der Waals surface area contributed by atoms with Crippen LogP contribution in [0.1, 0.15) is 90.9 Å². The fourth-order valence-corrected chi connectivity index (χ4v) is 2.75. The van der Waals surface area contributed by atoms with E-state index in [1.54, 1.807) is 0 Å². The van der Waals surface area contributed by atoms with E-state index in [-0.39, 0.29) is 31.8 Å². The maximum absolute atomic E-state index is 12.0. The molecule has 7 nitrogen and oxygen atoms in total. The van der Waals surface area contributed by atoms with Gasteiger partial charge >= 0.3 is 11.9 Å². The Morgan fingerprint density at radius 3 is 1.86 bits per heavy atom. The number of esters is 2. The minimum Gasteiger partial charge on any atom is -0.462 e. The highest BCUT2D eigenvalue weighted by atomic mass is 16.6. The molecule has 2 atom stereocenters. The first-order valence-electron chi connectivity index (χ1n) is 11.2. The zero-order chi connectivity index (χ0) is 21.7. The van der Waals surface area contributed by atoms with E-state index in [4.69, 9.17) is 19.3 Å². The maximum Gasteiger partial charge on any atom is 0.306 e. The Labute approximate surface area is 176 Å². The third-order valence-electron chi connectivity index (χ3n) is 4.52. The van der Waals surface area contributed by atoms with E-state index in [0.29, 0.717) is 12.8 Å². The number of hydrogen-bond acceptors (Lipinski definition) is 7. The van der Waals surface area contributed by atoms with Gasteiger partial charge in [-0.25, -0.2) is 0 Å². The number of carbonyl (C=O) groups is 2. The van der Waals surface area contributed by atoms with E-state index in [2.05, 4.69) is 13.8 Å². The summed E-state index contributed by atoms with van der Waals surface area (Å²) in [6.45, 7) is 3.73. The second-order valence-corrected chi connectivity index (χ2v) is 7.50. The molecule has 0 aliphatic heterocycles. The van der Waals surface area contributed by atoms with Crippen molar-refractivity contribution < 1.29 is 34.0 Å². The Morgan fingerprint density at radius 1 is 0.759 bits per heavy atom. The van der Waals surface area contributed by atoms with Gasteiger partial charge in [-0.3, -0.25) is 9.59 Å². The van der Waals surface area contributed by atoms with Gasteiger partial charge in [0.2, 0.25) is 0 Å². The summed E-state index contributed by atoms with van der Waals surface area (Å²) in [5, 5.41) is 18.2. The number of unbranched alkanes of at least 4 members (excludes halogenated alkanes) is 8. The smallest absolute Gasteiger partial charge is 0.306 e. The van der Waals surface area contributed by atoms with Crippen LogP contribution in [-0.4, -0.2) is 60.8 Å². The van der Waals surface area contributed by atoms with Gasteiger partial charge in [0.15, 0.2) is 6.10 Å². The first kappa shape index (κ1) is 27.8. The van der Waals surface area contributed by atoms with Crippen LogP contribution in [0.5, 0.6) is 0 Å². The molecule has 0 rings (SSSR count). The van der Waals surface area contributed by atoms with Gasteiger partial charge in [0, 0.05) is 12.8 Å². The monoisotopic (exact) mass is 418 g/mol. The molecule has 0 aliphatic carbocycles. The number of hydrogen-bond donors (Lipinski definition) is 2. The molecule has 2 N–H and O–H groups in total. The molecular formula is C22H42O7. The van der Waals surface area contributed by atoms with Gasteiger partial charge in [0.05, 0.1) is 19.8 Å². The van der Waals surface area contributed by atoms with Gasteiger partial charge < -0.3 is 24.4 Å². The van der Waals surface area contributed by atoms with E-state index in [0.717, 1.165) is 57.8 Å². The molecule has 0 bridgehead atoms. The van der Waals surface area contributed by atoms with Crippen molar-refractivity contribution in [2.24, 2.45) is 0 Å². The van der Waals surface area contributed by atoms with Gasteiger partial charge in [-0.15, -0.1) is 0 Å². The molecule has 0 radical (unpaired) electrons. The number of rotatable bonds is 20. The molecule has 0 aromatic heterocycles. The molecular weight excluding hydrogens is 376 g/mol. The lowest BCUT2D eigenvalue weighted by molar-refractivity contribution is -0.163. The van der Waals surface area contributed by atoms with Crippen LogP contribution in [0.4, 0.5) is 0 Å². The lowest BCUT2D eigenvalue weighted by atomic mass is 10.1. The van der Waals surface area contributed by atoms with Crippen molar-refractivity contribution in [1.82, 2.24) is 0 Å². The van der Waals surface area contributed by atoms with E-state index < -0.39 is 18.8 Å². The molecule has 0 aromatic carbocycles. The molecule has 0 amide bonds. The Bertz CT molecular complexity index is 401. The van der Waals surface area contributed by atoms with Crippen LogP contribution in [-0.2, 0) is 23.8 Å². The summed E-state index contributed by atoms with van der Waals surface area (Å²) < 4.78 is 15.9. The van der Waals surface area contributed by atoms with Crippen LogP contribution in [0.3, 0.4) is 0 Å². The molecule has 0 aromatic rings. The zero-order valence-corrected chi connectivity index (χ0v) is 18.4. The molecule has 2 unspecified atom stereocenters. The van der Waals surface area contributed by atoms with Crippen LogP contribution in [0.2, 0.25) is 0 Å². The van der Waals surface area contributed by atoms with Gasteiger partial charge in [-0.2, -0.15) is 0 Å². The third-order valence-corrected chi connectivity index (χ3v) is 4.52. The van der Waals surface area contributed by atoms with Crippen LogP contribution < -0.4 is 0 Å². The SMILES string of the molecule is CCCCCCCC(=O)OCC(COCC(O)CO)OC(=O)CCCCCCC. The average Bonchev–Trinajstić information content (AvgIpc) is 2.71. The van der Waals surface area contributed by atoms with E-state index in [9.17, 15) is 14.7 Å². The normalized spacial score (nSPS) is 13.1. The average molecular weight is 419 g/mol. The van der Waals surface area contributed by atoms with Crippen molar-refractivity contribution in [2.75, 3.05) is 26.4 Å². The number of ether oxygens (including phenoxy) is 3. The Balaban J connectivity index is 4.23. The van der Waals surface area contributed by atoms with Crippen molar-refractivity contribution in [3.05, 3.63) is 0 Å². The lowest BCUT2D eigenvalue weighted by Gasteiger charge is -2.19. The Morgan fingerprint density at radius 2 is 1.31 bits per heavy atom. The summed E-state index contributed by atoms with van der Waals surface area (Å²) >= 11 is 0. The van der Waals surface area contributed by atoms with Gasteiger partial charge in [-0.1, -0.05) is 65.2 Å². The lowest BCUT2D eigenvalue weighted by Crippen LogP contribution is -2.31. The quantitative estimate of drug-likeness (QED) is 0.230. The molecule has 0 spiro atoms. The van der Waals surface area contributed by atoms with Crippen molar-refractivity contribution >= 4 is 11.9 Å². The molecule has 29 heavy (non-hydrogen) atoms. The minimum atomic E-state index is -0.990. The minimum absolute atomic E-state index is 0.00240. The highest BCUT2D eigenvalue weighted by molar-refractivity contribution is 5.70. The first-order valence-corrected chi connectivity index (χ1v) is 11.2. The van der Waals surface area contributed by atoms with Crippen molar-refractivity contribution in [1.29, 1.82) is 0 Å². The van der Waals surface area contributed by atoms with Crippen molar-refractivity contribution in [3.63, 3.8) is 0 Å². The molecule has 172 valence electrons. The summed E-state index contributed by atoms with van der Waals surface area (Å²) in [4.78, 5) is 23.9. The Hall–Kier alpha value is -1.18. The van der Waals surface area contributed by atoms with Gasteiger partial charge in [0.1, 0.15) is 12.7 Å². The molecule has 0 heterocycles. The fraction of sp³-hybridized carbons (Fsp3) is 0.909. The molecule has 0 saturated heterocycles. The zero-order valence-electron chi connectivity index (χ0n) is 18.4. The van der Waals surface area contributed by atoms with E-state index >= 15 is 0 Å². The second-order valence-electron chi connectivity index (χ2n) is 7.50. The highest BCUT2D eigenvalue weighted by Gasteiger charge is 2.18. The van der Waals surface area contributed by atoms with Crippen LogP contribution >= 0.6 is 0 Å². The molecule has 7 heteroatoms.